The van der Waals surface area contributed by atoms with E-state index in [0.29, 0.717) is 5.02 Å². The fourth-order valence-electron chi connectivity index (χ4n) is 2.72. The monoisotopic (exact) mass is 410 g/mol. The zero-order chi connectivity index (χ0) is 16.6. The number of carbonyl (C=O) groups is 1. The van der Waals surface area contributed by atoms with Gasteiger partial charge in [0.05, 0.1) is 4.90 Å². The van der Waals surface area contributed by atoms with Gasteiger partial charge in [-0.15, -0.1) is 0 Å². The van der Waals surface area contributed by atoms with E-state index in [4.69, 9.17) is 11.6 Å². The average molecular weight is 412 g/mol. The molecule has 3 nitrogen and oxygen atoms in total. The highest BCUT2D eigenvalue weighted by atomic mass is 79.9. The van der Waals surface area contributed by atoms with Gasteiger partial charge in [0.1, 0.15) is 17.6 Å². The lowest BCUT2D eigenvalue weighted by atomic mass is 10.2. The predicted molar refractivity (Wildman–Crippen MR) is 99.4 cm³/mol. The number of rotatable bonds is 4. The van der Waals surface area contributed by atoms with E-state index in [1.807, 2.05) is 55.5 Å². The number of aliphatic carboxylic acids is 1. The summed E-state index contributed by atoms with van der Waals surface area (Å²) in [6, 6.07) is 13.4. The third-order valence-corrected chi connectivity index (χ3v) is 5.90. The van der Waals surface area contributed by atoms with Gasteiger partial charge < -0.3 is 5.11 Å². The largest absolute Gasteiger partial charge is 0.477 e. The first kappa shape index (κ1) is 16.6. The molecule has 1 aliphatic heterocycles. The molecular formula is C17H14BrClNO2S+. The third kappa shape index (κ3) is 3.19. The number of fused-ring (bicyclic) bond motifs is 1. The lowest BCUT2D eigenvalue weighted by Gasteiger charge is -2.31. The lowest BCUT2D eigenvalue weighted by molar-refractivity contribution is -0.136. The van der Waals surface area contributed by atoms with E-state index < -0.39 is 5.97 Å². The van der Waals surface area contributed by atoms with Crippen LogP contribution in [0.2, 0.25) is 5.02 Å². The number of hydrogen-bond acceptors (Lipinski definition) is 2. The zero-order valence-corrected chi connectivity index (χ0v) is 15.5. The number of carboxylic acids is 1. The second kappa shape index (κ2) is 6.32. The molecule has 1 atom stereocenters. The Labute approximate surface area is 152 Å². The molecule has 0 saturated heterocycles. The van der Waals surface area contributed by atoms with Crippen molar-refractivity contribution in [2.75, 3.05) is 6.54 Å². The Morgan fingerprint density at radius 1 is 1.26 bits per heavy atom. The summed E-state index contributed by atoms with van der Waals surface area (Å²) >= 11 is 10.9. The summed E-state index contributed by atoms with van der Waals surface area (Å²) < 4.78 is 1.20. The van der Waals surface area contributed by atoms with Crippen LogP contribution in [0, 0.1) is 0 Å². The van der Waals surface area contributed by atoms with Gasteiger partial charge >= 0.3 is 5.97 Å². The Morgan fingerprint density at radius 3 is 2.61 bits per heavy atom. The average Bonchev–Trinajstić information content (AvgIpc) is 2.72. The molecule has 1 heterocycles. The number of hydrogen-bond donors (Lipinski definition) is 1. The van der Waals surface area contributed by atoms with E-state index in [9.17, 15) is 9.90 Å². The molecule has 3 rings (SSSR count). The molecular weight excluding hydrogens is 398 g/mol. The van der Waals surface area contributed by atoms with E-state index >= 15 is 0 Å². The SMILES string of the molecule is CC1=Cc2cc(Br)ccc2[N+]1(CC(=O)O)Sc1ccc(Cl)cc1. The van der Waals surface area contributed by atoms with E-state index in [-0.39, 0.29) is 10.4 Å². The Kier molecular flexibility index (Phi) is 4.56. The lowest BCUT2D eigenvalue weighted by Crippen LogP contribution is -2.42. The fraction of sp³-hybridized carbons (Fsp3) is 0.118. The summed E-state index contributed by atoms with van der Waals surface area (Å²) in [5, 5.41) is 10.1. The molecule has 23 heavy (non-hydrogen) atoms. The van der Waals surface area contributed by atoms with Crippen molar-refractivity contribution in [2.45, 2.75) is 11.8 Å². The third-order valence-electron chi connectivity index (χ3n) is 3.75. The molecule has 6 heteroatoms. The van der Waals surface area contributed by atoms with Gasteiger partial charge in [-0.05, 0) is 36.4 Å². The van der Waals surface area contributed by atoms with Crippen LogP contribution in [0.15, 0.2) is 57.5 Å². The van der Waals surface area contributed by atoms with Gasteiger partial charge in [0.15, 0.2) is 12.2 Å². The van der Waals surface area contributed by atoms with E-state index in [1.165, 1.54) is 11.9 Å². The minimum absolute atomic E-state index is 0.0236. The van der Waals surface area contributed by atoms with Gasteiger partial charge in [-0.25, -0.2) is 4.79 Å². The minimum Gasteiger partial charge on any atom is -0.477 e. The molecule has 1 aliphatic rings. The normalized spacial score (nSPS) is 19.3. The van der Waals surface area contributed by atoms with Crippen LogP contribution in [-0.4, -0.2) is 17.6 Å². The van der Waals surface area contributed by atoms with Gasteiger partial charge in [0.25, 0.3) is 0 Å². The molecule has 1 unspecified atom stereocenters. The highest BCUT2D eigenvalue weighted by Crippen LogP contribution is 2.49. The maximum atomic E-state index is 11.5. The molecule has 0 spiro atoms. The van der Waals surface area contributed by atoms with Crippen molar-refractivity contribution in [1.29, 1.82) is 0 Å². The topological polar surface area (TPSA) is 37.3 Å². The van der Waals surface area contributed by atoms with Crippen molar-refractivity contribution >= 4 is 57.2 Å². The van der Waals surface area contributed by atoms with Crippen molar-refractivity contribution in [3.8, 4) is 0 Å². The molecule has 118 valence electrons. The van der Waals surface area contributed by atoms with Crippen molar-refractivity contribution in [3.63, 3.8) is 0 Å². The van der Waals surface area contributed by atoms with Crippen LogP contribution in [-0.2, 0) is 4.79 Å². The molecule has 0 bridgehead atoms. The summed E-state index contributed by atoms with van der Waals surface area (Å²) in [5.41, 5.74) is 3.01. The summed E-state index contributed by atoms with van der Waals surface area (Å²) in [6.07, 6.45) is 2.05. The Bertz CT molecular complexity index is 807. The number of allylic oxidation sites excluding steroid dienone is 1. The molecule has 2 aromatic carbocycles. The number of quaternary nitrogens is 1. The zero-order valence-electron chi connectivity index (χ0n) is 12.3. The number of benzene rings is 2. The minimum atomic E-state index is -0.838. The molecule has 0 aliphatic carbocycles. The standard InChI is InChI=1S/C17H13BrClNO2S/c1-11-8-12-9-13(18)2-7-16(12)20(11,10-17(21)22)23-15-5-3-14(19)4-6-15/h2-9H,10H2,1H3/p+1. The van der Waals surface area contributed by atoms with Gasteiger partial charge in [-0.3, -0.25) is 0 Å². The summed E-state index contributed by atoms with van der Waals surface area (Å²) in [4.78, 5) is 12.5. The highest BCUT2D eigenvalue weighted by Gasteiger charge is 2.44. The van der Waals surface area contributed by atoms with Gasteiger partial charge in [-0.2, -0.15) is 3.89 Å². The summed E-state index contributed by atoms with van der Waals surface area (Å²) in [7, 11) is 0. The molecule has 2 aromatic rings. The maximum Gasteiger partial charge on any atom is 0.361 e. The number of carboxylic acid groups (broad SMARTS) is 1. The van der Waals surface area contributed by atoms with Crippen molar-refractivity contribution in [3.05, 3.63) is 63.2 Å². The van der Waals surface area contributed by atoms with Crippen LogP contribution in [0.25, 0.3) is 6.08 Å². The van der Waals surface area contributed by atoms with Crippen LogP contribution >= 0.6 is 39.5 Å². The Morgan fingerprint density at radius 2 is 1.96 bits per heavy atom. The summed E-state index contributed by atoms with van der Waals surface area (Å²) in [6.45, 7) is 1.95. The molecule has 0 amide bonds. The van der Waals surface area contributed by atoms with Crippen molar-refractivity contribution < 1.29 is 9.90 Å². The van der Waals surface area contributed by atoms with Gasteiger partial charge in [0.2, 0.25) is 0 Å². The number of nitrogens with zero attached hydrogens (tertiary/aromatic N) is 1. The highest BCUT2D eigenvalue weighted by molar-refractivity contribution is 9.10. The van der Waals surface area contributed by atoms with Crippen LogP contribution in [0.1, 0.15) is 12.5 Å². The van der Waals surface area contributed by atoms with Crippen LogP contribution in [0.3, 0.4) is 0 Å². The van der Waals surface area contributed by atoms with E-state index in [2.05, 4.69) is 15.9 Å². The smallest absolute Gasteiger partial charge is 0.361 e. The first-order chi connectivity index (χ1) is 10.9. The van der Waals surface area contributed by atoms with Crippen LogP contribution < -0.4 is 3.89 Å². The summed E-state index contributed by atoms with van der Waals surface area (Å²) in [5.74, 6) is -0.838. The van der Waals surface area contributed by atoms with Gasteiger partial charge in [0, 0.05) is 34.1 Å². The maximum absolute atomic E-state index is 11.5. The Balaban J connectivity index is 2.10. The van der Waals surface area contributed by atoms with Gasteiger partial charge in [-0.1, -0.05) is 27.5 Å². The first-order valence-electron chi connectivity index (χ1n) is 6.95. The van der Waals surface area contributed by atoms with Crippen molar-refractivity contribution in [2.24, 2.45) is 0 Å². The first-order valence-corrected chi connectivity index (χ1v) is 8.89. The molecule has 0 aromatic heterocycles. The van der Waals surface area contributed by atoms with E-state index in [1.54, 1.807) is 0 Å². The number of halogens is 2. The van der Waals surface area contributed by atoms with Crippen LogP contribution in [0.5, 0.6) is 0 Å². The molecule has 0 saturated carbocycles. The molecule has 1 N–H and O–H groups in total. The van der Waals surface area contributed by atoms with Crippen LogP contribution in [0.4, 0.5) is 5.69 Å². The molecule has 0 radical (unpaired) electrons. The fourth-order valence-corrected chi connectivity index (χ4v) is 4.48. The molecule has 0 fully saturated rings. The predicted octanol–water partition coefficient (Wildman–Crippen LogP) is 5.58. The van der Waals surface area contributed by atoms with Crippen molar-refractivity contribution in [1.82, 2.24) is 3.89 Å². The Hall–Kier alpha value is -1.27. The second-order valence-electron chi connectivity index (χ2n) is 5.33. The quantitative estimate of drug-likeness (QED) is 0.527. The second-order valence-corrected chi connectivity index (χ2v) is 7.96. The van der Waals surface area contributed by atoms with E-state index in [0.717, 1.165) is 26.3 Å².